The number of nitrogens with two attached hydrogens (primary N) is 1. The van der Waals surface area contributed by atoms with Crippen LogP contribution in [-0.2, 0) is 0 Å². The Kier molecular flexibility index (Phi) is 2.89. The van der Waals surface area contributed by atoms with E-state index in [0.717, 1.165) is 0 Å². The van der Waals surface area contributed by atoms with E-state index in [-0.39, 0.29) is 0 Å². The first-order chi connectivity index (χ1) is 7.08. The molecule has 0 saturated heterocycles. The molecule has 0 aromatic heterocycles. The van der Waals surface area contributed by atoms with E-state index in [1.807, 2.05) is 0 Å². The topological polar surface area (TPSA) is 50.4 Å². The molecule has 0 spiro atoms. The summed E-state index contributed by atoms with van der Waals surface area (Å²) in [4.78, 5) is 4.52. The maximum atomic E-state index is 5.91. The van der Waals surface area contributed by atoms with E-state index in [1.165, 1.54) is 38.5 Å². The first kappa shape index (κ1) is 10.8. The van der Waals surface area contributed by atoms with Crippen LogP contribution in [0, 0.1) is 5.41 Å². The molecular weight excluding hydrogens is 186 g/mol. The van der Waals surface area contributed by atoms with Crippen molar-refractivity contribution >= 4 is 5.96 Å². The Morgan fingerprint density at radius 1 is 1.27 bits per heavy atom. The van der Waals surface area contributed by atoms with Crippen molar-refractivity contribution in [3.8, 4) is 0 Å². The Balaban J connectivity index is 1.78. The van der Waals surface area contributed by atoms with E-state index < -0.39 is 0 Å². The zero-order valence-electron chi connectivity index (χ0n) is 9.92. The Labute approximate surface area is 92.5 Å². The first-order valence-electron chi connectivity index (χ1n) is 6.18. The Bertz CT molecular complexity index is 252. The van der Waals surface area contributed by atoms with Gasteiger partial charge in [-0.25, -0.2) is 4.99 Å². The number of nitrogens with zero attached hydrogens (tertiary/aromatic N) is 1. The smallest absolute Gasteiger partial charge is 0.189 e. The van der Waals surface area contributed by atoms with Crippen LogP contribution in [0.15, 0.2) is 4.99 Å². The summed E-state index contributed by atoms with van der Waals surface area (Å²) in [6, 6.07) is 1.03. The maximum Gasteiger partial charge on any atom is 0.189 e. The molecule has 2 rings (SSSR count). The third-order valence-electron chi connectivity index (χ3n) is 3.71. The number of hydrogen-bond acceptors (Lipinski definition) is 1. The van der Waals surface area contributed by atoms with Crippen LogP contribution in [0.4, 0.5) is 0 Å². The molecular formula is C12H23N3. The zero-order valence-corrected chi connectivity index (χ0v) is 9.92. The van der Waals surface area contributed by atoms with Gasteiger partial charge in [0, 0.05) is 6.04 Å². The largest absolute Gasteiger partial charge is 0.370 e. The number of hydrogen-bond donors (Lipinski definition) is 2. The van der Waals surface area contributed by atoms with Crippen molar-refractivity contribution in [3.63, 3.8) is 0 Å². The highest BCUT2D eigenvalue weighted by Crippen LogP contribution is 2.47. The quantitative estimate of drug-likeness (QED) is 0.540. The van der Waals surface area contributed by atoms with Crippen molar-refractivity contribution in [3.05, 3.63) is 0 Å². The van der Waals surface area contributed by atoms with Crippen molar-refractivity contribution < 1.29 is 0 Å². The van der Waals surface area contributed by atoms with E-state index in [9.17, 15) is 0 Å². The van der Waals surface area contributed by atoms with Crippen molar-refractivity contribution in [2.75, 3.05) is 0 Å². The molecule has 3 heteroatoms. The highest BCUT2D eigenvalue weighted by atomic mass is 15.1. The molecule has 0 aromatic carbocycles. The SMILES string of the molecule is CC1(C)C[C@@H]1N=C(N)NC1CCCCC1. The molecule has 0 radical (unpaired) electrons. The fraction of sp³-hybridized carbons (Fsp3) is 0.917. The van der Waals surface area contributed by atoms with Gasteiger partial charge >= 0.3 is 0 Å². The summed E-state index contributed by atoms with van der Waals surface area (Å²) in [5.41, 5.74) is 6.29. The standard InChI is InChI=1S/C12H23N3/c1-12(2)8-10(12)15-11(13)14-9-6-4-3-5-7-9/h9-10H,3-8H2,1-2H3,(H3,13,14,15)/t10-/m0/s1. The van der Waals surface area contributed by atoms with Gasteiger partial charge < -0.3 is 11.1 Å². The molecule has 15 heavy (non-hydrogen) atoms. The third-order valence-corrected chi connectivity index (χ3v) is 3.71. The van der Waals surface area contributed by atoms with Crippen molar-refractivity contribution in [2.45, 2.75) is 64.5 Å². The van der Waals surface area contributed by atoms with E-state index in [2.05, 4.69) is 24.2 Å². The van der Waals surface area contributed by atoms with E-state index in [1.54, 1.807) is 0 Å². The average molecular weight is 209 g/mol. The second-order valence-electron chi connectivity index (χ2n) is 5.70. The lowest BCUT2D eigenvalue weighted by atomic mass is 9.96. The van der Waals surface area contributed by atoms with Crippen LogP contribution in [0.5, 0.6) is 0 Å². The third kappa shape index (κ3) is 2.86. The highest BCUT2D eigenvalue weighted by molar-refractivity contribution is 5.78. The molecule has 0 unspecified atom stereocenters. The van der Waals surface area contributed by atoms with Crippen LogP contribution >= 0.6 is 0 Å². The summed E-state index contributed by atoms with van der Waals surface area (Å²) >= 11 is 0. The van der Waals surface area contributed by atoms with Gasteiger partial charge in [0.25, 0.3) is 0 Å². The molecule has 86 valence electrons. The fourth-order valence-corrected chi connectivity index (χ4v) is 2.32. The highest BCUT2D eigenvalue weighted by Gasteiger charge is 2.46. The molecule has 0 amide bonds. The van der Waals surface area contributed by atoms with Gasteiger partial charge in [0.05, 0.1) is 6.04 Å². The van der Waals surface area contributed by atoms with E-state index >= 15 is 0 Å². The molecule has 3 N–H and O–H groups in total. The Morgan fingerprint density at radius 2 is 1.87 bits per heavy atom. The minimum absolute atomic E-state index is 0.388. The van der Waals surface area contributed by atoms with Crippen LogP contribution in [-0.4, -0.2) is 18.0 Å². The summed E-state index contributed by atoms with van der Waals surface area (Å²) in [5, 5.41) is 3.36. The summed E-state index contributed by atoms with van der Waals surface area (Å²) in [7, 11) is 0. The van der Waals surface area contributed by atoms with Gasteiger partial charge in [-0.15, -0.1) is 0 Å². The van der Waals surface area contributed by atoms with Crippen molar-refractivity contribution in [1.82, 2.24) is 5.32 Å². The zero-order chi connectivity index (χ0) is 10.9. The molecule has 0 aliphatic heterocycles. The molecule has 3 nitrogen and oxygen atoms in total. The normalized spacial score (nSPS) is 31.3. The fourth-order valence-electron chi connectivity index (χ4n) is 2.32. The van der Waals surface area contributed by atoms with Crippen LogP contribution in [0.1, 0.15) is 52.4 Å². The van der Waals surface area contributed by atoms with Gasteiger partial charge in [-0.3, -0.25) is 0 Å². The van der Waals surface area contributed by atoms with Crippen molar-refractivity contribution in [1.29, 1.82) is 0 Å². The van der Waals surface area contributed by atoms with Gasteiger partial charge in [-0.1, -0.05) is 33.1 Å². The van der Waals surface area contributed by atoms with Gasteiger partial charge in [0.2, 0.25) is 0 Å². The molecule has 1 atom stereocenters. The molecule has 2 aliphatic rings. The predicted octanol–water partition coefficient (Wildman–Crippen LogP) is 2.02. The average Bonchev–Trinajstić information content (AvgIpc) is 2.74. The molecule has 0 aromatic rings. The van der Waals surface area contributed by atoms with Crippen LogP contribution in [0.3, 0.4) is 0 Å². The summed E-state index contributed by atoms with van der Waals surface area (Å²) < 4.78 is 0. The Hall–Kier alpha value is -0.730. The van der Waals surface area contributed by atoms with Gasteiger partial charge in [0.1, 0.15) is 0 Å². The lowest BCUT2D eigenvalue weighted by Gasteiger charge is -2.23. The summed E-state index contributed by atoms with van der Waals surface area (Å²) in [6.45, 7) is 4.49. The maximum absolute atomic E-state index is 5.91. The molecule has 2 fully saturated rings. The molecule has 0 heterocycles. The predicted molar refractivity (Wildman–Crippen MR) is 63.8 cm³/mol. The molecule has 2 saturated carbocycles. The van der Waals surface area contributed by atoms with Crippen LogP contribution in [0.2, 0.25) is 0 Å². The first-order valence-corrected chi connectivity index (χ1v) is 6.18. The van der Waals surface area contributed by atoms with Crippen LogP contribution in [0.25, 0.3) is 0 Å². The number of guanidine groups is 1. The minimum Gasteiger partial charge on any atom is -0.370 e. The minimum atomic E-state index is 0.388. The summed E-state index contributed by atoms with van der Waals surface area (Å²) in [5.74, 6) is 0.664. The monoisotopic (exact) mass is 209 g/mol. The van der Waals surface area contributed by atoms with Crippen LogP contribution < -0.4 is 11.1 Å². The second kappa shape index (κ2) is 4.03. The number of aliphatic imine (C=N–C) groups is 1. The molecule has 2 aliphatic carbocycles. The number of rotatable bonds is 2. The second-order valence-corrected chi connectivity index (χ2v) is 5.70. The molecule has 0 bridgehead atoms. The Morgan fingerprint density at radius 3 is 2.40 bits per heavy atom. The summed E-state index contributed by atoms with van der Waals surface area (Å²) in [6.07, 6.45) is 7.74. The van der Waals surface area contributed by atoms with Gasteiger partial charge in [-0.2, -0.15) is 0 Å². The van der Waals surface area contributed by atoms with Gasteiger partial charge in [-0.05, 0) is 24.7 Å². The van der Waals surface area contributed by atoms with E-state index in [0.29, 0.717) is 23.5 Å². The van der Waals surface area contributed by atoms with Crippen molar-refractivity contribution in [2.24, 2.45) is 16.1 Å². The van der Waals surface area contributed by atoms with E-state index in [4.69, 9.17) is 5.73 Å². The lowest BCUT2D eigenvalue weighted by molar-refractivity contribution is 0.412. The number of nitrogens with one attached hydrogen (secondary N) is 1. The van der Waals surface area contributed by atoms with Gasteiger partial charge in [0.15, 0.2) is 5.96 Å². The lowest BCUT2D eigenvalue weighted by Crippen LogP contribution is -2.41.